The fourth-order valence-electron chi connectivity index (χ4n) is 1.18. The van der Waals surface area contributed by atoms with Crippen LogP contribution in [0, 0.1) is 0 Å². The maximum Gasteiger partial charge on any atom is 0.325 e. The monoisotopic (exact) mass is 203 g/mol. The van der Waals surface area contributed by atoms with Crippen LogP contribution in [0.25, 0.3) is 0 Å². The van der Waals surface area contributed by atoms with Crippen LogP contribution in [0.3, 0.4) is 0 Å². The van der Waals surface area contributed by atoms with E-state index in [0.29, 0.717) is 13.0 Å². The molecule has 0 aliphatic carbocycles. The third-order valence-electron chi connectivity index (χ3n) is 2.08. The molecule has 0 bridgehead atoms. The first-order chi connectivity index (χ1) is 6.63. The number of ether oxygens (including phenoxy) is 1. The van der Waals surface area contributed by atoms with Gasteiger partial charge in [-0.3, -0.25) is 4.79 Å². The van der Waals surface area contributed by atoms with Gasteiger partial charge in [0, 0.05) is 0 Å². The van der Waals surface area contributed by atoms with Crippen LogP contribution in [0.4, 0.5) is 0 Å². The number of nitrogens with two attached hydrogens (primary N) is 1. The molecule has 14 heavy (non-hydrogen) atoms. The van der Waals surface area contributed by atoms with Gasteiger partial charge in [0.25, 0.3) is 0 Å². The van der Waals surface area contributed by atoms with E-state index in [1.54, 1.807) is 6.92 Å². The van der Waals surface area contributed by atoms with Gasteiger partial charge in [-0.05, 0) is 13.3 Å². The number of hydrogen-bond donors (Lipinski definition) is 2. The van der Waals surface area contributed by atoms with Gasteiger partial charge in [-0.25, -0.2) is 0 Å². The molecule has 2 atom stereocenters. The molecule has 0 aromatic rings. The molecule has 0 spiro atoms. The second-order valence-corrected chi connectivity index (χ2v) is 3.34. The Labute approximate surface area is 85.4 Å². The van der Waals surface area contributed by atoms with Crippen molar-refractivity contribution in [2.75, 3.05) is 6.61 Å². The van der Waals surface area contributed by atoms with Crippen molar-refractivity contribution in [2.45, 2.75) is 51.7 Å². The van der Waals surface area contributed by atoms with E-state index in [2.05, 4.69) is 6.92 Å². The van der Waals surface area contributed by atoms with E-state index in [4.69, 9.17) is 10.5 Å². The molecule has 4 heteroatoms. The zero-order chi connectivity index (χ0) is 11.0. The Morgan fingerprint density at radius 1 is 1.43 bits per heavy atom. The van der Waals surface area contributed by atoms with Crippen molar-refractivity contribution in [1.82, 2.24) is 0 Å². The Bertz CT molecular complexity index is 161. The molecule has 0 aliphatic heterocycles. The summed E-state index contributed by atoms with van der Waals surface area (Å²) >= 11 is 0. The molecule has 0 heterocycles. The van der Waals surface area contributed by atoms with Gasteiger partial charge < -0.3 is 15.6 Å². The maximum atomic E-state index is 11.1. The Morgan fingerprint density at radius 2 is 2.07 bits per heavy atom. The van der Waals surface area contributed by atoms with E-state index >= 15 is 0 Å². The van der Waals surface area contributed by atoms with Crippen molar-refractivity contribution >= 4 is 5.97 Å². The number of rotatable bonds is 7. The summed E-state index contributed by atoms with van der Waals surface area (Å²) < 4.78 is 4.71. The van der Waals surface area contributed by atoms with E-state index in [1.165, 1.54) is 0 Å². The van der Waals surface area contributed by atoms with Crippen molar-refractivity contribution in [3.63, 3.8) is 0 Å². The summed E-state index contributed by atoms with van der Waals surface area (Å²) in [5.74, 6) is -0.517. The fourth-order valence-corrected chi connectivity index (χ4v) is 1.18. The minimum absolute atomic E-state index is 0.300. The third-order valence-corrected chi connectivity index (χ3v) is 2.08. The first-order valence-electron chi connectivity index (χ1n) is 5.23. The minimum Gasteiger partial charge on any atom is -0.465 e. The molecule has 4 nitrogen and oxygen atoms in total. The van der Waals surface area contributed by atoms with Crippen LogP contribution in [0.5, 0.6) is 0 Å². The Hall–Kier alpha value is -0.610. The molecule has 0 radical (unpaired) electrons. The quantitative estimate of drug-likeness (QED) is 0.474. The molecule has 0 saturated carbocycles. The first kappa shape index (κ1) is 13.4. The molecular formula is C10H21NO3. The second kappa shape index (κ2) is 7.76. The van der Waals surface area contributed by atoms with E-state index in [0.717, 1.165) is 19.3 Å². The van der Waals surface area contributed by atoms with Crippen LogP contribution in [0.15, 0.2) is 0 Å². The lowest BCUT2D eigenvalue weighted by Crippen LogP contribution is -2.43. The lowest BCUT2D eigenvalue weighted by molar-refractivity contribution is -0.147. The van der Waals surface area contributed by atoms with Gasteiger partial charge >= 0.3 is 5.97 Å². The highest BCUT2D eigenvalue weighted by Crippen LogP contribution is 2.06. The van der Waals surface area contributed by atoms with E-state index < -0.39 is 18.1 Å². The molecule has 3 N–H and O–H groups in total. The average molecular weight is 203 g/mol. The Balaban J connectivity index is 3.74. The summed E-state index contributed by atoms with van der Waals surface area (Å²) in [7, 11) is 0. The minimum atomic E-state index is -0.896. The molecule has 0 aliphatic rings. The summed E-state index contributed by atoms with van der Waals surface area (Å²) in [5.41, 5.74) is 5.50. The van der Waals surface area contributed by atoms with Crippen molar-refractivity contribution in [1.29, 1.82) is 0 Å². The molecule has 0 aromatic heterocycles. The summed E-state index contributed by atoms with van der Waals surface area (Å²) in [6, 6.07) is -0.896. The van der Waals surface area contributed by atoms with Crippen LogP contribution in [0.2, 0.25) is 0 Å². The van der Waals surface area contributed by atoms with Crippen LogP contribution in [0.1, 0.15) is 39.5 Å². The number of carbonyl (C=O) groups is 1. The Morgan fingerprint density at radius 3 is 2.57 bits per heavy atom. The molecule has 0 saturated heterocycles. The second-order valence-electron chi connectivity index (χ2n) is 3.34. The van der Waals surface area contributed by atoms with E-state index in [9.17, 15) is 9.90 Å². The van der Waals surface area contributed by atoms with Crippen LogP contribution >= 0.6 is 0 Å². The average Bonchev–Trinajstić information content (AvgIpc) is 2.17. The van der Waals surface area contributed by atoms with Crippen LogP contribution < -0.4 is 5.73 Å². The van der Waals surface area contributed by atoms with Gasteiger partial charge in [0.2, 0.25) is 0 Å². The maximum absolute atomic E-state index is 11.1. The van der Waals surface area contributed by atoms with Crippen LogP contribution in [-0.4, -0.2) is 29.8 Å². The van der Waals surface area contributed by atoms with Gasteiger partial charge in [0.15, 0.2) is 0 Å². The van der Waals surface area contributed by atoms with Crippen molar-refractivity contribution in [3.8, 4) is 0 Å². The molecular weight excluding hydrogens is 182 g/mol. The van der Waals surface area contributed by atoms with Gasteiger partial charge in [0.05, 0.1) is 12.7 Å². The lowest BCUT2D eigenvalue weighted by Gasteiger charge is -2.16. The van der Waals surface area contributed by atoms with E-state index in [-0.39, 0.29) is 0 Å². The number of aliphatic hydroxyl groups excluding tert-OH is 1. The third kappa shape index (κ3) is 5.19. The number of carbonyl (C=O) groups excluding carboxylic acids is 1. The largest absolute Gasteiger partial charge is 0.465 e. The summed E-state index contributed by atoms with van der Waals surface area (Å²) in [4.78, 5) is 11.1. The Kier molecular flexibility index (Phi) is 7.42. The molecule has 0 rings (SSSR count). The van der Waals surface area contributed by atoms with Gasteiger partial charge in [-0.2, -0.15) is 0 Å². The standard InChI is InChI=1S/C10H21NO3/c1-3-5-6-7-8(12)9(11)10(13)14-4-2/h8-9,12H,3-7,11H2,1-2H3/t8-,9-/m0/s1. The van der Waals surface area contributed by atoms with Crippen LogP contribution in [-0.2, 0) is 9.53 Å². The van der Waals surface area contributed by atoms with Gasteiger partial charge in [-0.15, -0.1) is 0 Å². The smallest absolute Gasteiger partial charge is 0.325 e. The predicted molar refractivity (Wildman–Crippen MR) is 54.8 cm³/mol. The zero-order valence-corrected chi connectivity index (χ0v) is 9.03. The summed E-state index contributed by atoms with van der Waals surface area (Å²) in [5, 5.41) is 9.52. The van der Waals surface area contributed by atoms with Crippen molar-refractivity contribution in [3.05, 3.63) is 0 Å². The topological polar surface area (TPSA) is 72.5 Å². The van der Waals surface area contributed by atoms with Gasteiger partial charge in [-0.1, -0.05) is 26.2 Å². The molecule has 0 unspecified atom stereocenters. The van der Waals surface area contributed by atoms with Crippen molar-refractivity contribution < 1.29 is 14.6 Å². The molecule has 84 valence electrons. The highest BCUT2D eigenvalue weighted by atomic mass is 16.5. The molecule has 0 amide bonds. The predicted octanol–water partition coefficient (Wildman–Crippen LogP) is 0.818. The summed E-state index contributed by atoms with van der Waals surface area (Å²) in [6.45, 7) is 4.10. The lowest BCUT2D eigenvalue weighted by atomic mass is 10.0. The van der Waals surface area contributed by atoms with Gasteiger partial charge in [0.1, 0.15) is 6.04 Å². The fraction of sp³-hybridized carbons (Fsp3) is 0.900. The number of unbranched alkanes of at least 4 members (excludes halogenated alkanes) is 2. The first-order valence-corrected chi connectivity index (χ1v) is 5.23. The highest BCUT2D eigenvalue weighted by molar-refractivity contribution is 5.76. The highest BCUT2D eigenvalue weighted by Gasteiger charge is 2.22. The SMILES string of the molecule is CCCCC[C@H](O)[C@H](N)C(=O)OCC. The number of esters is 1. The zero-order valence-electron chi connectivity index (χ0n) is 9.03. The molecule has 0 aromatic carbocycles. The number of hydrogen-bond acceptors (Lipinski definition) is 4. The summed E-state index contributed by atoms with van der Waals surface area (Å²) in [6.07, 6.45) is 2.81. The number of aliphatic hydroxyl groups is 1. The normalized spacial score (nSPS) is 14.9. The molecule has 0 fully saturated rings. The van der Waals surface area contributed by atoms with Crippen molar-refractivity contribution in [2.24, 2.45) is 5.73 Å². The van der Waals surface area contributed by atoms with E-state index in [1.807, 2.05) is 0 Å².